The third-order valence-electron chi connectivity index (χ3n) is 3.35. The summed E-state index contributed by atoms with van der Waals surface area (Å²) in [6.45, 7) is 3.72. The van der Waals surface area contributed by atoms with Crippen molar-refractivity contribution >= 4 is 0 Å². The van der Waals surface area contributed by atoms with Crippen molar-refractivity contribution in [1.82, 2.24) is 10.3 Å². The summed E-state index contributed by atoms with van der Waals surface area (Å²) in [5.74, 6) is 2.13. The summed E-state index contributed by atoms with van der Waals surface area (Å²) in [6, 6.07) is 8.04. The smallest absolute Gasteiger partial charge is 0.231 e. The molecule has 1 aromatic carbocycles. The van der Waals surface area contributed by atoms with E-state index in [-0.39, 0.29) is 6.79 Å². The lowest BCUT2D eigenvalue weighted by molar-refractivity contribution is 0.171. The van der Waals surface area contributed by atoms with Gasteiger partial charge in [0.1, 0.15) is 0 Å². The van der Waals surface area contributed by atoms with Crippen LogP contribution in [-0.2, 0) is 13.1 Å². The van der Waals surface area contributed by atoms with Crippen LogP contribution in [0, 0.1) is 6.92 Å². The maximum Gasteiger partial charge on any atom is 0.231 e. The Balaban J connectivity index is 1.64. The molecule has 2 heterocycles. The van der Waals surface area contributed by atoms with Gasteiger partial charge in [0.05, 0.1) is 7.11 Å². The molecule has 110 valence electrons. The zero-order valence-corrected chi connectivity index (χ0v) is 12.2. The second kappa shape index (κ2) is 6.01. The van der Waals surface area contributed by atoms with Crippen molar-refractivity contribution in [3.05, 3.63) is 47.3 Å². The van der Waals surface area contributed by atoms with Gasteiger partial charge in [-0.15, -0.1) is 0 Å². The van der Waals surface area contributed by atoms with E-state index in [1.165, 1.54) is 0 Å². The van der Waals surface area contributed by atoms with Crippen LogP contribution in [0.15, 0.2) is 30.5 Å². The van der Waals surface area contributed by atoms with Crippen molar-refractivity contribution in [3.63, 3.8) is 0 Å². The third kappa shape index (κ3) is 3.08. The Morgan fingerprint density at radius 3 is 2.81 bits per heavy atom. The van der Waals surface area contributed by atoms with Gasteiger partial charge in [-0.3, -0.25) is 4.98 Å². The van der Waals surface area contributed by atoms with E-state index in [2.05, 4.69) is 16.4 Å². The quantitative estimate of drug-likeness (QED) is 0.915. The fourth-order valence-corrected chi connectivity index (χ4v) is 2.24. The fraction of sp³-hybridized carbons (Fsp3) is 0.312. The number of benzene rings is 1. The molecule has 0 amide bonds. The van der Waals surface area contributed by atoms with Gasteiger partial charge in [-0.1, -0.05) is 6.07 Å². The Morgan fingerprint density at radius 2 is 2.05 bits per heavy atom. The van der Waals surface area contributed by atoms with Crippen LogP contribution in [0.4, 0.5) is 0 Å². The molecule has 21 heavy (non-hydrogen) atoms. The average molecular weight is 286 g/mol. The van der Waals surface area contributed by atoms with Crippen molar-refractivity contribution in [2.45, 2.75) is 20.0 Å². The minimum absolute atomic E-state index is 0.248. The number of hydrogen-bond donors (Lipinski definition) is 1. The van der Waals surface area contributed by atoms with Gasteiger partial charge in [0.25, 0.3) is 0 Å². The highest BCUT2D eigenvalue weighted by Crippen LogP contribution is 2.41. The van der Waals surface area contributed by atoms with Gasteiger partial charge in [0, 0.05) is 25.0 Å². The molecule has 0 saturated carbocycles. The van der Waals surface area contributed by atoms with Gasteiger partial charge >= 0.3 is 0 Å². The molecular weight excluding hydrogens is 268 g/mol. The summed E-state index contributed by atoms with van der Waals surface area (Å²) in [6.07, 6.45) is 1.89. The van der Waals surface area contributed by atoms with Gasteiger partial charge in [-0.2, -0.15) is 0 Å². The summed E-state index contributed by atoms with van der Waals surface area (Å²) in [4.78, 5) is 4.28. The van der Waals surface area contributed by atoms with E-state index in [0.29, 0.717) is 11.5 Å². The number of aromatic nitrogens is 1. The molecular formula is C16H18N2O3. The first kappa shape index (κ1) is 13.7. The molecule has 5 nitrogen and oxygen atoms in total. The number of pyridine rings is 1. The van der Waals surface area contributed by atoms with Crippen LogP contribution in [0.1, 0.15) is 16.8 Å². The topological polar surface area (TPSA) is 52.6 Å². The summed E-state index contributed by atoms with van der Waals surface area (Å²) in [7, 11) is 1.63. The monoisotopic (exact) mass is 286 g/mol. The normalized spacial score (nSPS) is 12.5. The van der Waals surface area contributed by atoms with Crippen LogP contribution in [0.5, 0.6) is 17.2 Å². The van der Waals surface area contributed by atoms with E-state index in [9.17, 15) is 0 Å². The van der Waals surface area contributed by atoms with Gasteiger partial charge in [0.2, 0.25) is 12.5 Å². The van der Waals surface area contributed by atoms with Crippen molar-refractivity contribution in [1.29, 1.82) is 0 Å². The summed E-state index contributed by atoms with van der Waals surface area (Å²) in [5.41, 5.74) is 3.28. The summed E-state index contributed by atoms with van der Waals surface area (Å²) in [5, 5.41) is 3.39. The largest absolute Gasteiger partial charge is 0.493 e. The Labute approximate surface area is 123 Å². The van der Waals surface area contributed by atoms with E-state index in [4.69, 9.17) is 14.2 Å². The molecule has 2 aromatic rings. The lowest BCUT2D eigenvalue weighted by Gasteiger charge is -2.09. The molecule has 1 aromatic heterocycles. The van der Waals surface area contributed by atoms with Gasteiger partial charge < -0.3 is 19.5 Å². The Morgan fingerprint density at radius 1 is 1.19 bits per heavy atom. The average Bonchev–Trinajstić information content (AvgIpc) is 2.97. The highest BCUT2D eigenvalue weighted by atomic mass is 16.7. The Bertz CT molecular complexity index is 626. The molecule has 0 bridgehead atoms. The first-order valence-corrected chi connectivity index (χ1v) is 6.85. The van der Waals surface area contributed by atoms with Gasteiger partial charge in [-0.25, -0.2) is 0 Å². The van der Waals surface area contributed by atoms with Crippen LogP contribution in [0.2, 0.25) is 0 Å². The molecule has 1 aliphatic rings. The molecule has 0 fully saturated rings. The van der Waals surface area contributed by atoms with Gasteiger partial charge in [0.15, 0.2) is 11.5 Å². The lowest BCUT2D eigenvalue weighted by Crippen LogP contribution is -2.13. The maximum atomic E-state index is 5.42. The second-order valence-corrected chi connectivity index (χ2v) is 4.94. The molecule has 0 unspecified atom stereocenters. The van der Waals surface area contributed by atoms with Crippen molar-refractivity contribution in [2.24, 2.45) is 0 Å². The molecule has 0 aliphatic carbocycles. The summed E-state index contributed by atoms with van der Waals surface area (Å²) >= 11 is 0. The highest BCUT2D eigenvalue weighted by molar-refractivity contribution is 5.55. The first-order valence-electron chi connectivity index (χ1n) is 6.85. The zero-order chi connectivity index (χ0) is 14.7. The molecule has 1 N–H and O–H groups in total. The van der Waals surface area contributed by atoms with Crippen molar-refractivity contribution < 1.29 is 14.2 Å². The van der Waals surface area contributed by atoms with Crippen molar-refractivity contribution in [3.8, 4) is 17.2 Å². The third-order valence-corrected chi connectivity index (χ3v) is 3.35. The van der Waals surface area contributed by atoms with Gasteiger partial charge in [-0.05, 0) is 36.2 Å². The maximum absolute atomic E-state index is 5.42. The Kier molecular flexibility index (Phi) is 3.92. The number of methoxy groups -OCH3 is 1. The molecule has 0 spiro atoms. The first-order chi connectivity index (χ1) is 10.3. The minimum Gasteiger partial charge on any atom is -0.493 e. The van der Waals surface area contributed by atoms with Crippen molar-refractivity contribution in [2.75, 3.05) is 13.9 Å². The number of rotatable bonds is 5. The number of ether oxygens (including phenoxy) is 3. The van der Waals surface area contributed by atoms with E-state index in [0.717, 1.165) is 35.7 Å². The molecule has 0 saturated heterocycles. The number of nitrogens with one attached hydrogen (secondary N) is 1. The van der Waals surface area contributed by atoms with E-state index >= 15 is 0 Å². The van der Waals surface area contributed by atoms with E-state index in [1.54, 1.807) is 7.11 Å². The van der Waals surface area contributed by atoms with Crippen LogP contribution in [0.3, 0.4) is 0 Å². The SMILES string of the molecule is COc1cc(CNCc2ccc(C)nc2)cc2c1OCO2. The highest BCUT2D eigenvalue weighted by Gasteiger charge is 2.19. The second-order valence-electron chi connectivity index (χ2n) is 4.94. The predicted octanol–water partition coefficient (Wildman–Crippen LogP) is 2.42. The standard InChI is InChI=1S/C16H18N2O3/c1-11-3-4-12(9-18-11)7-17-8-13-5-14(19-2)16-15(6-13)20-10-21-16/h3-6,9,17H,7-8,10H2,1-2H3. The predicted molar refractivity (Wildman–Crippen MR) is 78.6 cm³/mol. The molecule has 3 rings (SSSR count). The van der Waals surface area contributed by atoms with Crippen LogP contribution >= 0.6 is 0 Å². The zero-order valence-electron chi connectivity index (χ0n) is 12.2. The molecule has 5 heteroatoms. The van der Waals surface area contributed by atoms with Crippen LogP contribution in [-0.4, -0.2) is 18.9 Å². The van der Waals surface area contributed by atoms with Crippen LogP contribution < -0.4 is 19.5 Å². The van der Waals surface area contributed by atoms with Crippen LogP contribution in [0.25, 0.3) is 0 Å². The number of fused-ring (bicyclic) bond motifs is 1. The lowest BCUT2D eigenvalue weighted by atomic mass is 10.1. The number of aryl methyl sites for hydroxylation is 1. The summed E-state index contributed by atoms with van der Waals surface area (Å²) < 4.78 is 16.1. The molecule has 0 atom stereocenters. The minimum atomic E-state index is 0.248. The van der Waals surface area contributed by atoms with E-state index < -0.39 is 0 Å². The number of nitrogens with zero attached hydrogens (tertiary/aromatic N) is 1. The Hall–Kier alpha value is -2.27. The molecule has 0 radical (unpaired) electrons. The fourth-order valence-electron chi connectivity index (χ4n) is 2.24. The molecule has 1 aliphatic heterocycles. The van der Waals surface area contributed by atoms with E-state index in [1.807, 2.05) is 31.3 Å². The number of hydrogen-bond acceptors (Lipinski definition) is 5.